The molecular weight excluding hydrogens is 266 g/mol. The Hall–Kier alpha value is -1.17. The van der Waals surface area contributed by atoms with Crippen molar-refractivity contribution in [1.29, 1.82) is 0 Å². The van der Waals surface area contributed by atoms with E-state index < -0.39 is 5.97 Å². The summed E-state index contributed by atoms with van der Waals surface area (Å²) >= 11 is 3.06. The number of thiophene rings is 2. The van der Waals surface area contributed by atoms with Gasteiger partial charge in [-0.3, -0.25) is 0 Å². The zero-order valence-corrected chi connectivity index (χ0v) is 11.9. The van der Waals surface area contributed by atoms with Gasteiger partial charge in [-0.25, -0.2) is 4.79 Å². The van der Waals surface area contributed by atoms with Crippen LogP contribution in [0.1, 0.15) is 38.0 Å². The molecule has 0 amide bonds. The maximum Gasteiger partial charge on any atom is 0.345 e. The van der Waals surface area contributed by atoms with E-state index in [1.165, 1.54) is 16.2 Å². The smallest absolute Gasteiger partial charge is 0.345 e. The number of carboxylic acid groups (broad SMARTS) is 1. The number of aryl methyl sites for hydroxylation is 1. The highest BCUT2D eigenvalue weighted by Crippen LogP contribution is 2.23. The van der Waals surface area contributed by atoms with Crippen molar-refractivity contribution < 1.29 is 9.90 Å². The standard InChI is InChI=1S/C13H15NO2S2/c1-8(11-4-3-5-17-11)14-7-10-6-12(13(15)16)18-9(10)2/h3-6,8,14H,7H2,1-2H3,(H,15,16)/t8-/m0/s1. The van der Waals surface area contributed by atoms with E-state index in [-0.39, 0.29) is 6.04 Å². The first-order valence-electron chi connectivity index (χ1n) is 5.67. The number of aromatic carboxylic acids is 1. The van der Waals surface area contributed by atoms with E-state index in [9.17, 15) is 4.79 Å². The van der Waals surface area contributed by atoms with Crippen LogP contribution in [-0.2, 0) is 6.54 Å². The third kappa shape index (κ3) is 2.98. The van der Waals surface area contributed by atoms with Gasteiger partial charge >= 0.3 is 5.97 Å². The van der Waals surface area contributed by atoms with Crippen LogP contribution < -0.4 is 5.32 Å². The lowest BCUT2D eigenvalue weighted by atomic mass is 10.2. The van der Waals surface area contributed by atoms with Crippen LogP contribution in [0.2, 0.25) is 0 Å². The van der Waals surface area contributed by atoms with E-state index in [0.717, 1.165) is 10.4 Å². The second kappa shape index (κ2) is 5.65. The molecule has 0 bridgehead atoms. The molecule has 0 aliphatic heterocycles. The van der Waals surface area contributed by atoms with E-state index >= 15 is 0 Å². The SMILES string of the molecule is Cc1sc(C(=O)O)cc1CN[C@@H](C)c1cccs1. The fourth-order valence-corrected chi connectivity index (χ4v) is 3.34. The topological polar surface area (TPSA) is 49.3 Å². The van der Waals surface area contributed by atoms with Crippen molar-refractivity contribution in [2.75, 3.05) is 0 Å². The number of rotatable bonds is 5. The van der Waals surface area contributed by atoms with Crippen LogP contribution in [0, 0.1) is 6.92 Å². The highest BCUT2D eigenvalue weighted by Gasteiger charge is 2.12. The molecule has 2 heterocycles. The fourth-order valence-electron chi connectivity index (χ4n) is 1.70. The molecule has 0 fully saturated rings. The summed E-state index contributed by atoms with van der Waals surface area (Å²) in [5.74, 6) is -0.847. The highest BCUT2D eigenvalue weighted by molar-refractivity contribution is 7.14. The first kappa shape index (κ1) is 13.3. The molecule has 0 saturated carbocycles. The molecule has 0 saturated heterocycles. The molecule has 2 N–H and O–H groups in total. The summed E-state index contributed by atoms with van der Waals surface area (Å²) in [7, 11) is 0. The van der Waals surface area contributed by atoms with Crippen LogP contribution in [0.4, 0.5) is 0 Å². The minimum atomic E-state index is -0.847. The normalized spacial score (nSPS) is 12.6. The summed E-state index contributed by atoms with van der Waals surface area (Å²) in [6.45, 7) is 4.78. The van der Waals surface area contributed by atoms with Crippen LogP contribution >= 0.6 is 22.7 Å². The predicted octanol–water partition coefficient (Wildman–Crippen LogP) is 3.67. The van der Waals surface area contributed by atoms with Crippen LogP contribution in [0.25, 0.3) is 0 Å². The molecule has 2 aromatic rings. The summed E-state index contributed by atoms with van der Waals surface area (Å²) in [6.07, 6.45) is 0. The molecule has 18 heavy (non-hydrogen) atoms. The molecule has 0 radical (unpaired) electrons. The average Bonchev–Trinajstić information content (AvgIpc) is 2.95. The number of carbonyl (C=O) groups is 1. The molecule has 0 spiro atoms. The quantitative estimate of drug-likeness (QED) is 0.879. The van der Waals surface area contributed by atoms with Gasteiger partial charge in [0.1, 0.15) is 4.88 Å². The van der Waals surface area contributed by atoms with Crippen molar-refractivity contribution in [1.82, 2.24) is 5.32 Å². The molecule has 0 unspecified atom stereocenters. The van der Waals surface area contributed by atoms with E-state index in [1.807, 2.05) is 13.0 Å². The number of nitrogens with one attached hydrogen (secondary N) is 1. The maximum atomic E-state index is 10.9. The van der Waals surface area contributed by atoms with Crippen molar-refractivity contribution in [3.63, 3.8) is 0 Å². The van der Waals surface area contributed by atoms with Crippen molar-refractivity contribution >= 4 is 28.6 Å². The van der Waals surface area contributed by atoms with Gasteiger partial charge in [-0.2, -0.15) is 0 Å². The molecule has 3 nitrogen and oxygen atoms in total. The van der Waals surface area contributed by atoms with E-state index in [2.05, 4.69) is 23.7 Å². The van der Waals surface area contributed by atoms with E-state index in [4.69, 9.17) is 5.11 Å². The third-order valence-corrected chi connectivity index (χ3v) is 4.94. The van der Waals surface area contributed by atoms with Gasteiger partial charge < -0.3 is 10.4 Å². The number of hydrogen-bond acceptors (Lipinski definition) is 4. The first-order chi connectivity index (χ1) is 8.58. The Morgan fingerprint density at radius 3 is 2.89 bits per heavy atom. The van der Waals surface area contributed by atoms with Gasteiger partial charge in [-0.15, -0.1) is 22.7 Å². The lowest BCUT2D eigenvalue weighted by Crippen LogP contribution is -2.17. The van der Waals surface area contributed by atoms with E-state index in [1.54, 1.807) is 17.4 Å². The Balaban J connectivity index is 2.00. The predicted molar refractivity (Wildman–Crippen MR) is 75.6 cm³/mol. The van der Waals surface area contributed by atoms with Gasteiger partial charge in [0.25, 0.3) is 0 Å². The summed E-state index contributed by atoms with van der Waals surface area (Å²) in [4.78, 5) is 13.7. The van der Waals surface area contributed by atoms with Gasteiger partial charge in [-0.1, -0.05) is 6.07 Å². The minimum absolute atomic E-state index is 0.289. The van der Waals surface area contributed by atoms with Crippen LogP contribution in [0.5, 0.6) is 0 Å². The lowest BCUT2D eigenvalue weighted by molar-refractivity contribution is 0.0702. The number of carboxylic acids is 1. The van der Waals surface area contributed by atoms with Crippen LogP contribution in [0.15, 0.2) is 23.6 Å². The molecule has 0 aliphatic rings. The van der Waals surface area contributed by atoms with Gasteiger partial charge in [0.2, 0.25) is 0 Å². The van der Waals surface area contributed by atoms with Crippen molar-refractivity contribution in [2.24, 2.45) is 0 Å². The Labute approximate surface area is 114 Å². The van der Waals surface area contributed by atoms with Gasteiger partial charge in [0.15, 0.2) is 0 Å². The Morgan fingerprint density at radius 2 is 2.33 bits per heavy atom. The molecule has 2 rings (SSSR count). The molecule has 5 heteroatoms. The third-order valence-electron chi connectivity index (χ3n) is 2.80. The fraction of sp³-hybridized carbons (Fsp3) is 0.308. The Kier molecular flexibility index (Phi) is 4.16. The van der Waals surface area contributed by atoms with Crippen molar-refractivity contribution in [2.45, 2.75) is 26.4 Å². The average molecular weight is 281 g/mol. The Morgan fingerprint density at radius 1 is 1.56 bits per heavy atom. The highest BCUT2D eigenvalue weighted by atomic mass is 32.1. The summed E-state index contributed by atoms with van der Waals surface area (Å²) < 4.78 is 0. The van der Waals surface area contributed by atoms with Crippen LogP contribution in [0.3, 0.4) is 0 Å². The van der Waals surface area contributed by atoms with Crippen molar-refractivity contribution in [3.05, 3.63) is 43.8 Å². The number of hydrogen-bond donors (Lipinski definition) is 2. The molecule has 2 aromatic heterocycles. The molecule has 96 valence electrons. The van der Waals surface area contributed by atoms with Crippen LogP contribution in [-0.4, -0.2) is 11.1 Å². The molecule has 0 aromatic carbocycles. The minimum Gasteiger partial charge on any atom is -0.477 e. The van der Waals surface area contributed by atoms with Gasteiger partial charge in [-0.05, 0) is 36.9 Å². The maximum absolute atomic E-state index is 10.9. The summed E-state index contributed by atoms with van der Waals surface area (Å²) in [5, 5.41) is 14.4. The zero-order valence-electron chi connectivity index (χ0n) is 10.3. The summed E-state index contributed by atoms with van der Waals surface area (Å²) in [6, 6.07) is 6.19. The summed E-state index contributed by atoms with van der Waals surface area (Å²) in [5.41, 5.74) is 1.07. The molecule has 1 atom stereocenters. The second-order valence-electron chi connectivity index (χ2n) is 4.12. The van der Waals surface area contributed by atoms with Gasteiger partial charge in [0, 0.05) is 22.3 Å². The monoisotopic (exact) mass is 281 g/mol. The zero-order chi connectivity index (χ0) is 13.1. The molecule has 0 aliphatic carbocycles. The first-order valence-corrected chi connectivity index (χ1v) is 7.37. The van der Waals surface area contributed by atoms with Gasteiger partial charge in [0.05, 0.1) is 0 Å². The second-order valence-corrected chi connectivity index (χ2v) is 6.35. The largest absolute Gasteiger partial charge is 0.477 e. The molecular formula is C13H15NO2S2. The van der Waals surface area contributed by atoms with Crippen molar-refractivity contribution in [3.8, 4) is 0 Å². The Bertz CT molecular complexity index is 531. The lowest BCUT2D eigenvalue weighted by Gasteiger charge is -2.11. The van der Waals surface area contributed by atoms with E-state index in [0.29, 0.717) is 11.4 Å².